The van der Waals surface area contributed by atoms with Gasteiger partial charge in [0.25, 0.3) is 0 Å². The van der Waals surface area contributed by atoms with Crippen molar-refractivity contribution >= 4 is 28.4 Å². The molecule has 1 rings (SSSR count). The van der Waals surface area contributed by atoms with E-state index >= 15 is 0 Å². The largest absolute Gasteiger partial charge is 0.396 e. The predicted octanol–water partition coefficient (Wildman–Crippen LogP) is 1.52. The first-order valence-corrected chi connectivity index (χ1v) is 5.76. The van der Waals surface area contributed by atoms with E-state index in [1.165, 1.54) is 6.07 Å². The number of hydrogen-bond donors (Lipinski definition) is 1. The molecule has 0 saturated carbocycles. The van der Waals surface area contributed by atoms with Crippen LogP contribution in [0, 0.1) is 20.8 Å². The lowest BCUT2D eigenvalue weighted by atomic mass is 10.3. The van der Waals surface area contributed by atoms with Crippen molar-refractivity contribution in [2.45, 2.75) is 6.42 Å². The number of aromatic nitrogens is 1. The Balaban J connectivity index is 2.97. The van der Waals surface area contributed by atoms with Crippen LogP contribution in [0.4, 0.5) is 10.2 Å². The molecular weight excluding hydrogens is 324 g/mol. The van der Waals surface area contributed by atoms with E-state index in [2.05, 4.69) is 4.98 Å². The summed E-state index contributed by atoms with van der Waals surface area (Å²) < 4.78 is 14.1. The topological polar surface area (TPSA) is 60.1 Å². The monoisotopic (exact) mass is 335 g/mol. The number of pyridine rings is 1. The van der Waals surface area contributed by atoms with Gasteiger partial charge in [0.2, 0.25) is 0 Å². The minimum absolute atomic E-state index is 0.0549. The molecule has 0 saturated heterocycles. The molecule has 0 bridgehead atoms. The second-order valence-electron chi connectivity index (χ2n) is 3.24. The Morgan fingerprint density at radius 2 is 2.38 bits per heavy atom. The van der Waals surface area contributed by atoms with Crippen LogP contribution in [-0.2, 0) is 0 Å². The lowest BCUT2D eigenvalue weighted by Crippen LogP contribution is -2.22. The summed E-state index contributed by atoms with van der Waals surface area (Å²) in [5, 5.41) is 17.4. The number of nitrogens with zero attached hydrogens (tertiary/aromatic N) is 3. The molecular formula is C10H11FIN3O. The van der Waals surface area contributed by atoms with Gasteiger partial charge in [0.15, 0.2) is 11.6 Å². The van der Waals surface area contributed by atoms with Crippen molar-refractivity contribution in [1.82, 2.24) is 4.98 Å². The van der Waals surface area contributed by atoms with Crippen molar-refractivity contribution in [1.29, 1.82) is 5.26 Å². The minimum Gasteiger partial charge on any atom is -0.396 e. The van der Waals surface area contributed by atoms with Crippen LogP contribution in [-0.4, -0.2) is 30.3 Å². The van der Waals surface area contributed by atoms with Crippen molar-refractivity contribution in [3.05, 3.63) is 21.1 Å². The van der Waals surface area contributed by atoms with E-state index in [1.807, 2.05) is 28.7 Å². The van der Waals surface area contributed by atoms with Crippen molar-refractivity contribution in [3.63, 3.8) is 0 Å². The molecule has 0 unspecified atom stereocenters. The van der Waals surface area contributed by atoms with E-state index in [0.29, 0.717) is 16.7 Å². The third-order valence-electron chi connectivity index (χ3n) is 2.04. The van der Waals surface area contributed by atoms with Gasteiger partial charge in [0.1, 0.15) is 9.77 Å². The van der Waals surface area contributed by atoms with Gasteiger partial charge in [-0.2, -0.15) is 5.26 Å². The molecule has 86 valence electrons. The summed E-state index contributed by atoms with van der Waals surface area (Å²) in [6, 6.07) is 3.06. The third-order valence-corrected chi connectivity index (χ3v) is 2.87. The standard InChI is InChI=1S/C10H11FIN3O/c1-15(3-2-4-16)10-8(11)5-7(6-13)9(12)14-10/h5,16H,2-4H2,1H3. The van der Waals surface area contributed by atoms with E-state index in [4.69, 9.17) is 10.4 Å². The molecule has 6 heteroatoms. The van der Waals surface area contributed by atoms with Gasteiger partial charge in [-0.15, -0.1) is 0 Å². The highest BCUT2D eigenvalue weighted by Crippen LogP contribution is 2.20. The zero-order valence-electron chi connectivity index (χ0n) is 8.74. The Morgan fingerprint density at radius 1 is 1.69 bits per heavy atom. The van der Waals surface area contributed by atoms with Crippen LogP contribution >= 0.6 is 22.6 Å². The molecule has 16 heavy (non-hydrogen) atoms. The molecule has 0 spiro atoms. The first-order valence-electron chi connectivity index (χ1n) is 4.68. The number of aliphatic hydroxyl groups is 1. The highest BCUT2D eigenvalue weighted by molar-refractivity contribution is 14.1. The second-order valence-corrected chi connectivity index (χ2v) is 4.26. The Bertz CT molecular complexity index is 419. The van der Waals surface area contributed by atoms with Gasteiger partial charge in [0.05, 0.1) is 5.56 Å². The normalized spacial score (nSPS) is 9.94. The summed E-state index contributed by atoms with van der Waals surface area (Å²) in [4.78, 5) is 5.65. The highest BCUT2D eigenvalue weighted by Gasteiger charge is 2.13. The van der Waals surface area contributed by atoms with Gasteiger partial charge in [-0.25, -0.2) is 9.37 Å². The van der Waals surface area contributed by atoms with E-state index in [1.54, 1.807) is 11.9 Å². The van der Waals surface area contributed by atoms with Gasteiger partial charge >= 0.3 is 0 Å². The van der Waals surface area contributed by atoms with Crippen LogP contribution in [0.3, 0.4) is 0 Å². The van der Waals surface area contributed by atoms with Crippen LogP contribution in [0.15, 0.2) is 6.07 Å². The summed E-state index contributed by atoms with van der Waals surface area (Å²) >= 11 is 1.90. The number of rotatable bonds is 4. The fraction of sp³-hybridized carbons (Fsp3) is 0.400. The maximum absolute atomic E-state index is 13.6. The summed E-state index contributed by atoms with van der Waals surface area (Å²) in [7, 11) is 1.70. The van der Waals surface area contributed by atoms with Crippen LogP contribution in [0.2, 0.25) is 0 Å². The van der Waals surface area contributed by atoms with Crippen LogP contribution in [0.1, 0.15) is 12.0 Å². The SMILES string of the molecule is CN(CCCO)c1nc(I)c(C#N)cc1F. The highest BCUT2D eigenvalue weighted by atomic mass is 127. The molecule has 0 aromatic carbocycles. The quantitative estimate of drug-likeness (QED) is 0.670. The van der Waals surface area contributed by atoms with Crippen LogP contribution in [0.5, 0.6) is 0 Å². The van der Waals surface area contributed by atoms with Crippen molar-refractivity contribution in [2.24, 2.45) is 0 Å². The molecule has 1 aromatic rings. The van der Waals surface area contributed by atoms with Crippen molar-refractivity contribution < 1.29 is 9.50 Å². The van der Waals surface area contributed by atoms with E-state index < -0.39 is 5.82 Å². The molecule has 0 fully saturated rings. The number of halogens is 2. The molecule has 1 heterocycles. The molecule has 4 nitrogen and oxygen atoms in total. The molecule has 1 aromatic heterocycles. The Kier molecular flexibility index (Phi) is 4.89. The molecule has 0 aliphatic heterocycles. The maximum atomic E-state index is 13.6. The van der Waals surface area contributed by atoms with E-state index in [9.17, 15) is 4.39 Å². The average molecular weight is 335 g/mol. The van der Waals surface area contributed by atoms with Gasteiger partial charge in [-0.3, -0.25) is 0 Å². The molecule has 0 radical (unpaired) electrons. The zero-order chi connectivity index (χ0) is 12.1. The number of hydrogen-bond acceptors (Lipinski definition) is 4. The van der Waals surface area contributed by atoms with Gasteiger partial charge in [-0.05, 0) is 35.1 Å². The summed E-state index contributed by atoms with van der Waals surface area (Å²) in [5.74, 6) is -0.311. The lowest BCUT2D eigenvalue weighted by molar-refractivity contribution is 0.290. The molecule has 0 atom stereocenters. The summed E-state index contributed by atoms with van der Waals surface area (Å²) in [6.45, 7) is 0.571. The Morgan fingerprint density at radius 3 is 2.94 bits per heavy atom. The fourth-order valence-corrected chi connectivity index (χ4v) is 1.72. The Labute approximate surface area is 107 Å². The third kappa shape index (κ3) is 3.02. The van der Waals surface area contributed by atoms with Gasteiger partial charge in [-0.1, -0.05) is 0 Å². The first-order chi connectivity index (χ1) is 7.60. The summed E-state index contributed by atoms with van der Waals surface area (Å²) in [6.07, 6.45) is 0.550. The van der Waals surface area contributed by atoms with E-state index in [-0.39, 0.29) is 18.0 Å². The zero-order valence-corrected chi connectivity index (χ0v) is 10.9. The Hall–Kier alpha value is -0.940. The van der Waals surface area contributed by atoms with Gasteiger partial charge < -0.3 is 10.0 Å². The predicted molar refractivity (Wildman–Crippen MR) is 66.6 cm³/mol. The smallest absolute Gasteiger partial charge is 0.167 e. The van der Waals surface area contributed by atoms with E-state index in [0.717, 1.165) is 0 Å². The fourth-order valence-electron chi connectivity index (χ4n) is 1.22. The minimum atomic E-state index is -0.516. The number of anilines is 1. The average Bonchev–Trinajstić information content (AvgIpc) is 2.28. The molecule has 0 aliphatic rings. The van der Waals surface area contributed by atoms with Crippen molar-refractivity contribution in [3.8, 4) is 6.07 Å². The molecule has 0 amide bonds. The lowest BCUT2D eigenvalue weighted by Gasteiger charge is -2.18. The van der Waals surface area contributed by atoms with Crippen molar-refractivity contribution in [2.75, 3.05) is 25.1 Å². The summed E-state index contributed by atoms with van der Waals surface area (Å²) in [5.41, 5.74) is 0.234. The second kappa shape index (κ2) is 5.96. The number of aliphatic hydroxyl groups excluding tert-OH is 1. The molecule has 0 aliphatic carbocycles. The number of nitriles is 1. The van der Waals surface area contributed by atoms with Crippen LogP contribution < -0.4 is 4.90 Å². The first kappa shape index (κ1) is 13.1. The van der Waals surface area contributed by atoms with Crippen LogP contribution in [0.25, 0.3) is 0 Å². The maximum Gasteiger partial charge on any atom is 0.167 e. The van der Waals surface area contributed by atoms with Gasteiger partial charge in [0, 0.05) is 20.2 Å². The molecule has 1 N–H and O–H groups in total.